The van der Waals surface area contributed by atoms with Crippen molar-refractivity contribution in [2.24, 2.45) is 10.9 Å². The van der Waals surface area contributed by atoms with Crippen LogP contribution in [0.5, 0.6) is 0 Å². The zero-order valence-electron chi connectivity index (χ0n) is 4.29. The van der Waals surface area contributed by atoms with E-state index in [1.807, 2.05) is 0 Å². The third-order valence-corrected chi connectivity index (χ3v) is 1.16. The van der Waals surface area contributed by atoms with E-state index in [9.17, 15) is 4.79 Å². The maximum atomic E-state index is 10.1. The Morgan fingerprint density at radius 3 is 2.38 bits per heavy atom. The molecule has 0 fully saturated rings. The molecule has 4 nitrogen and oxygen atoms in total. The highest BCUT2D eigenvalue weighted by molar-refractivity contribution is 8.15. The van der Waals surface area contributed by atoms with Crippen molar-refractivity contribution in [1.29, 1.82) is 0 Å². The van der Waals surface area contributed by atoms with Crippen LogP contribution in [-0.4, -0.2) is 22.4 Å². The minimum Gasteiger partial charge on any atom is -0.410 e. The monoisotopic (exact) mass is 134 g/mol. The molecule has 46 valence electrons. The van der Waals surface area contributed by atoms with Gasteiger partial charge in [-0.25, -0.2) is 0 Å². The number of hydrogen-bond acceptors (Lipinski definition) is 4. The minimum atomic E-state index is -0.708. The lowest BCUT2D eigenvalue weighted by atomic mass is 10.7. The standard InChI is InChI=1S/C3H6N2O2S/c1-8-3(5-7)2(4)6/h7H,1H3,(H2,4,6)/b5-3-. The summed E-state index contributed by atoms with van der Waals surface area (Å²) in [5, 5.41) is 10.5. The molecule has 0 aliphatic carbocycles. The maximum Gasteiger partial charge on any atom is 0.277 e. The van der Waals surface area contributed by atoms with E-state index in [1.54, 1.807) is 6.26 Å². The van der Waals surface area contributed by atoms with Gasteiger partial charge in [0.25, 0.3) is 5.91 Å². The predicted octanol–water partition coefficient (Wildman–Crippen LogP) is -0.378. The van der Waals surface area contributed by atoms with E-state index >= 15 is 0 Å². The molecule has 0 rings (SSSR count). The summed E-state index contributed by atoms with van der Waals surface area (Å²) in [4.78, 5) is 10.1. The summed E-state index contributed by atoms with van der Waals surface area (Å²) in [5.74, 6) is -0.708. The second kappa shape index (κ2) is 3.31. The van der Waals surface area contributed by atoms with Gasteiger partial charge in [-0.05, 0) is 6.26 Å². The van der Waals surface area contributed by atoms with Crippen molar-refractivity contribution in [2.75, 3.05) is 6.26 Å². The quantitative estimate of drug-likeness (QED) is 0.205. The first-order valence-electron chi connectivity index (χ1n) is 1.78. The molecule has 0 aliphatic rings. The number of primary amides is 1. The van der Waals surface area contributed by atoms with E-state index in [0.29, 0.717) is 0 Å². The molecule has 0 radical (unpaired) electrons. The van der Waals surface area contributed by atoms with Gasteiger partial charge in [-0.3, -0.25) is 4.79 Å². The predicted molar refractivity (Wildman–Crippen MR) is 31.9 cm³/mol. The molecule has 0 aromatic rings. The van der Waals surface area contributed by atoms with Crippen LogP contribution >= 0.6 is 11.8 Å². The summed E-state index contributed by atoms with van der Waals surface area (Å²) in [6.07, 6.45) is 1.60. The Kier molecular flexibility index (Phi) is 3.02. The zero-order chi connectivity index (χ0) is 6.57. The van der Waals surface area contributed by atoms with Crippen LogP contribution in [0, 0.1) is 0 Å². The van der Waals surface area contributed by atoms with E-state index in [-0.39, 0.29) is 5.04 Å². The smallest absolute Gasteiger partial charge is 0.277 e. The van der Waals surface area contributed by atoms with Gasteiger partial charge in [0.15, 0.2) is 5.04 Å². The number of carbonyl (C=O) groups is 1. The summed E-state index contributed by atoms with van der Waals surface area (Å²) in [5.41, 5.74) is 4.71. The summed E-state index contributed by atoms with van der Waals surface area (Å²) < 4.78 is 0. The van der Waals surface area contributed by atoms with Crippen molar-refractivity contribution < 1.29 is 10.0 Å². The average molecular weight is 134 g/mol. The molecule has 8 heavy (non-hydrogen) atoms. The molecule has 0 aromatic carbocycles. The Morgan fingerprint density at radius 1 is 1.88 bits per heavy atom. The highest BCUT2D eigenvalue weighted by Gasteiger charge is 2.02. The summed E-state index contributed by atoms with van der Waals surface area (Å²) in [6.45, 7) is 0. The molecule has 0 spiro atoms. The molecule has 0 saturated carbocycles. The first-order chi connectivity index (χ1) is 3.72. The Balaban J connectivity index is 3.92. The SMILES string of the molecule is CS/C(=N\O)C(N)=O. The molecule has 0 aromatic heterocycles. The number of nitrogens with two attached hydrogens (primary N) is 1. The van der Waals surface area contributed by atoms with E-state index < -0.39 is 5.91 Å². The van der Waals surface area contributed by atoms with Crippen molar-refractivity contribution in [3.05, 3.63) is 0 Å². The van der Waals surface area contributed by atoms with Gasteiger partial charge < -0.3 is 10.9 Å². The number of carbonyl (C=O) groups excluding carboxylic acids is 1. The van der Waals surface area contributed by atoms with E-state index in [4.69, 9.17) is 10.9 Å². The molecule has 0 aliphatic heterocycles. The van der Waals surface area contributed by atoms with Crippen LogP contribution in [0.15, 0.2) is 5.16 Å². The van der Waals surface area contributed by atoms with Gasteiger partial charge in [-0.15, -0.1) is 11.8 Å². The number of amides is 1. The van der Waals surface area contributed by atoms with Gasteiger partial charge >= 0.3 is 0 Å². The number of thioether (sulfide) groups is 1. The number of nitrogens with zero attached hydrogens (tertiary/aromatic N) is 1. The first kappa shape index (κ1) is 7.29. The van der Waals surface area contributed by atoms with Gasteiger partial charge in [-0.2, -0.15) is 0 Å². The number of oxime groups is 1. The molecule has 3 N–H and O–H groups in total. The van der Waals surface area contributed by atoms with Crippen LogP contribution in [0.4, 0.5) is 0 Å². The van der Waals surface area contributed by atoms with Crippen LogP contribution in [-0.2, 0) is 4.79 Å². The van der Waals surface area contributed by atoms with Crippen molar-refractivity contribution in [3.8, 4) is 0 Å². The lowest BCUT2D eigenvalue weighted by molar-refractivity contribution is -0.111. The van der Waals surface area contributed by atoms with E-state index in [0.717, 1.165) is 11.8 Å². The Hall–Kier alpha value is -0.710. The summed E-state index contributed by atoms with van der Waals surface area (Å²) in [6, 6.07) is 0. The fourth-order valence-corrected chi connectivity index (χ4v) is 0.474. The van der Waals surface area contributed by atoms with Gasteiger partial charge in [-0.1, -0.05) is 5.16 Å². The molecular weight excluding hydrogens is 128 g/mol. The minimum absolute atomic E-state index is 0.0787. The van der Waals surface area contributed by atoms with Crippen LogP contribution in [0.1, 0.15) is 0 Å². The molecule has 1 amide bonds. The molecule has 0 atom stereocenters. The average Bonchev–Trinajstić information content (AvgIpc) is 1.69. The Bertz CT molecular complexity index is 122. The van der Waals surface area contributed by atoms with Crippen LogP contribution in [0.2, 0.25) is 0 Å². The Labute approximate surface area is 50.7 Å². The van der Waals surface area contributed by atoms with Crippen LogP contribution < -0.4 is 5.73 Å². The lowest BCUT2D eigenvalue weighted by Gasteiger charge is -1.88. The number of rotatable bonds is 0. The fourth-order valence-electron chi connectivity index (χ4n) is 0.191. The normalized spacial score (nSPS) is 11.4. The largest absolute Gasteiger partial charge is 0.410 e. The summed E-state index contributed by atoms with van der Waals surface area (Å²) in [7, 11) is 0. The molecular formula is C3H6N2O2S. The van der Waals surface area contributed by atoms with Crippen LogP contribution in [0.25, 0.3) is 0 Å². The van der Waals surface area contributed by atoms with Crippen molar-refractivity contribution in [1.82, 2.24) is 0 Å². The van der Waals surface area contributed by atoms with Gasteiger partial charge in [0.05, 0.1) is 0 Å². The van der Waals surface area contributed by atoms with Crippen LogP contribution in [0.3, 0.4) is 0 Å². The lowest BCUT2D eigenvalue weighted by Crippen LogP contribution is -2.19. The van der Waals surface area contributed by atoms with Gasteiger partial charge in [0.2, 0.25) is 0 Å². The van der Waals surface area contributed by atoms with Crippen molar-refractivity contribution in [3.63, 3.8) is 0 Å². The molecule has 0 heterocycles. The summed E-state index contributed by atoms with van der Waals surface area (Å²) >= 11 is 1.00. The highest BCUT2D eigenvalue weighted by Crippen LogP contribution is 1.94. The molecule has 0 saturated heterocycles. The maximum absolute atomic E-state index is 10.1. The molecule has 0 unspecified atom stereocenters. The fraction of sp³-hybridized carbons (Fsp3) is 0.333. The second-order valence-corrected chi connectivity index (χ2v) is 1.77. The number of hydrogen-bond donors (Lipinski definition) is 2. The molecule has 0 bridgehead atoms. The zero-order valence-corrected chi connectivity index (χ0v) is 5.10. The van der Waals surface area contributed by atoms with Gasteiger partial charge in [0.1, 0.15) is 0 Å². The van der Waals surface area contributed by atoms with Gasteiger partial charge in [0, 0.05) is 0 Å². The van der Waals surface area contributed by atoms with E-state index in [1.165, 1.54) is 0 Å². The second-order valence-electron chi connectivity index (χ2n) is 0.974. The Morgan fingerprint density at radius 2 is 2.38 bits per heavy atom. The first-order valence-corrected chi connectivity index (χ1v) is 3.00. The topological polar surface area (TPSA) is 75.7 Å². The highest BCUT2D eigenvalue weighted by atomic mass is 32.2. The third-order valence-electron chi connectivity index (χ3n) is 0.495. The molecule has 5 heteroatoms. The van der Waals surface area contributed by atoms with E-state index in [2.05, 4.69) is 5.16 Å². The third kappa shape index (κ3) is 1.83. The van der Waals surface area contributed by atoms with Crippen molar-refractivity contribution >= 4 is 22.7 Å². The van der Waals surface area contributed by atoms with Crippen molar-refractivity contribution in [2.45, 2.75) is 0 Å².